The molecule has 0 saturated carbocycles. The van der Waals surface area contributed by atoms with Gasteiger partial charge in [-0.2, -0.15) is 5.26 Å². The van der Waals surface area contributed by atoms with Gasteiger partial charge >= 0.3 is 0 Å². The summed E-state index contributed by atoms with van der Waals surface area (Å²) in [6.07, 6.45) is 0. The number of nitrogens with zero attached hydrogens (tertiary/aromatic N) is 1. The lowest BCUT2D eigenvalue weighted by molar-refractivity contribution is 0.620. The molecular weight excluding hydrogens is 189 g/mol. The molecule has 0 aliphatic carbocycles. The van der Waals surface area contributed by atoms with E-state index in [1.54, 1.807) is 12.1 Å². The van der Waals surface area contributed by atoms with E-state index >= 15 is 0 Å². The lowest BCUT2D eigenvalue weighted by atomic mass is 10.0. The van der Waals surface area contributed by atoms with E-state index in [0.29, 0.717) is 0 Å². The Bertz CT molecular complexity index is 366. The Morgan fingerprint density at radius 2 is 2.08 bits per heavy atom. The standard InChI is InChI=1S/C10H9ClFN/c1-6(2)8-4-3-7(5-13)10(12)9(8)11/h3-4,6H,1-2H3. The molecule has 0 N–H and O–H groups in total. The van der Waals surface area contributed by atoms with Gasteiger partial charge in [-0.15, -0.1) is 0 Å². The summed E-state index contributed by atoms with van der Waals surface area (Å²) in [6, 6.07) is 4.89. The van der Waals surface area contributed by atoms with Crippen LogP contribution in [-0.4, -0.2) is 0 Å². The van der Waals surface area contributed by atoms with Crippen molar-refractivity contribution in [3.05, 3.63) is 34.1 Å². The van der Waals surface area contributed by atoms with Crippen molar-refractivity contribution < 1.29 is 4.39 Å². The first-order chi connectivity index (χ1) is 6.07. The fourth-order valence-corrected chi connectivity index (χ4v) is 1.48. The van der Waals surface area contributed by atoms with Crippen molar-refractivity contribution in [2.75, 3.05) is 0 Å². The molecule has 1 aromatic carbocycles. The first-order valence-electron chi connectivity index (χ1n) is 3.96. The maximum absolute atomic E-state index is 13.3. The highest BCUT2D eigenvalue weighted by Gasteiger charge is 2.12. The van der Waals surface area contributed by atoms with Gasteiger partial charge in [0.1, 0.15) is 6.07 Å². The molecule has 0 atom stereocenters. The number of hydrogen-bond donors (Lipinski definition) is 0. The average molecular weight is 198 g/mol. The number of rotatable bonds is 1. The molecule has 1 rings (SSSR count). The Morgan fingerprint density at radius 1 is 1.46 bits per heavy atom. The zero-order chi connectivity index (χ0) is 10.0. The SMILES string of the molecule is CC(C)c1ccc(C#N)c(F)c1Cl. The van der Waals surface area contributed by atoms with E-state index in [1.165, 1.54) is 6.07 Å². The van der Waals surface area contributed by atoms with Crippen LogP contribution < -0.4 is 0 Å². The minimum atomic E-state index is -0.615. The van der Waals surface area contributed by atoms with Crippen LogP contribution in [0.3, 0.4) is 0 Å². The minimum Gasteiger partial charge on any atom is -0.204 e. The molecule has 68 valence electrons. The maximum atomic E-state index is 13.3. The van der Waals surface area contributed by atoms with Gasteiger partial charge in [0.05, 0.1) is 10.6 Å². The van der Waals surface area contributed by atoms with Crippen molar-refractivity contribution in [2.45, 2.75) is 19.8 Å². The first kappa shape index (κ1) is 10.0. The third-order valence-corrected chi connectivity index (χ3v) is 2.24. The van der Waals surface area contributed by atoms with Gasteiger partial charge < -0.3 is 0 Å². The Hall–Kier alpha value is -1.07. The molecule has 0 fully saturated rings. The van der Waals surface area contributed by atoms with Crippen LogP contribution in [0.2, 0.25) is 5.02 Å². The smallest absolute Gasteiger partial charge is 0.159 e. The predicted molar refractivity (Wildman–Crippen MR) is 50.2 cm³/mol. The lowest BCUT2D eigenvalue weighted by Crippen LogP contribution is -1.94. The molecular formula is C10H9ClFN. The van der Waals surface area contributed by atoms with Crippen molar-refractivity contribution >= 4 is 11.6 Å². The third-order valence-electron chi connectivity index (χ3n) is 1.85. The molecule has 0 bridgehead atoms. The van der Waals surface area contributed by atoms with Crippen molar-refractivity contribution in [1.82, 2.24) is 0 Å². The van der Waals surface area contributed by atoms with Crippen molar-refractivity contribution in [3.8, 4) is 6.07 Å². The van der Waals surface area contributed by atoms with E-state index in [9.17, 15) is 4.39 Å². The average Bonchev–Trinajstić information content (AvgIpc) is 2.09. The van der Waals surface area contributed by atoms with Gasteiger partial charge in [0, 0.05) is 0 Å². The normalized spacial score (nSPS) is 10.2. The highest BCUT2D eigenvalue weighted by molar-refractivity contribution is 6.31. The summed E-state index contributed by atoms with van der Waals surface area (Å²) < 4.78 is 13.3. The third kappa shape index (κ3) is 1.81. The second kappa shape index (κ2) is 3.76. The van der Waals surface area contributed by atoms with E-state index in [-0.39, 0.29) is 16.5 Å². The van der Waals surface area contributed by atoms with E-state index < -0.39 is 5.82 Å². The van der Waals surface area contributed by atoms with Crippen LogP contribution in [-0.2, 0) is 0 Å². The summed E-state index contributed by atoms with van der Waals surface area (Å²) in [4.78, 5) is 0. The maximum Gasteiger partial charge on any atom is 0.159 e. The molecule has 0 saturated heterocycles. The highest BCUT2D eigenvalue weighted by Crippen LogP contribution is 2.28. The second-order valence-corrected chi connectivity index (χ2v) is 3.47. The molecule has 3 heteroatoms. The molecule has 0 aliphatic rings. The van der Waals surface area contributed by atoms with Crippen LogP contribution in [0.1, 0.15) is 30.9 Å². The van der Waals surface area contributed by atoms with E-state index in [2.05, 4.69) is 0 Å². The highest BCUT2D eigenvalue weighted by atomic mass is 35.5. The summed E-state index contributed by atoms with van der Waals surface area (Å²) in [5.41, 5.74) is 0.729. The Morgan fingerprint density at radius 3 is 2.54 bits per heavy atom. The van der Waals surface area contributed by atoms with Crippen LogP contribution in [0.4, 0.5) is 4.39 Å². The zero-order valence-corrected chi connectivity index (χ0v) is 8.19. The molecule has 1 aromatic rings. The van der Waals surface area contributed by atoms with Crippen molar-refractivity contribution in [3.63, 3.8) is 0 Å². The number of benzene rings is 1. The quantitative estimate of drug-likeness (QED) is 0.676. The van der Waals surface area contributed by atoms with Crippen LogP contribution in [0.5, 0.6) is 0 Å². The van der Waals surface area contributed by atoms with Gasteiger partial charge in [0.2, 0.25) is 0 Å². The molecule has 1 nitrogen and oxygen atoms in total. The molecule has 0 unspecified atom stereocenters. The van der Waals surface area contributed by atoms with E-state index in [0.717, 1.165) is 5.56 Å². The van der Waals surface area contributed by atoms with Crippen LogP contribution in [0.25, 0.3) is 0 Å². The van der Waals surface area contributed by atoms with Crippen molar-refractivity contribution in [1.29, 1.82) is 5.26 Å². The summed E-state index contributed by atoms with van der Waals surface area (Å²) in [6.45, 7) is 3.85. The fraction of sp³-hybridized carbons (Fsp3) is 0.300. The molecule has 0 aliphatic heterocycles. The molecule has 0 spiro atoms. The zero-order valence-electron chi connectivity index (χ0n) is 7.44. The molecule has 0 radical (unpaired) electrons. The monoisotopic (exact) mass is 197 g/mol. The lowest BCUT2D eigenvalue weighted by Gasteiger charge is -2.08. The Labute approximate surface area is 81.8 Å². The Kier molecular flexibility index (Phi) is 2.90. The van der Waals surface area contributed by atoms with E-state index in [4.69, 9.17) is 16.9 Å². The Balaban J connectivity index is 3.33. The molecule has 0 heterocycles. The summed E-state index contributed by atoms with van der Waals surface area (Å²) in [5, 5.41) is 8.59. The topological polar surface area (TPSA) is 23.8 Å². The van der Waals surface area contributed by atoms with E-state index in [1.807, 2.05) is 13.8 Å². The first-order valence-corrected chi connectivity index (χ1v) is 4.33. The summed E-state index contributed by atoms with van der Waals surface area (Å²) in [7, 11) is 0. The second-order valence-electron chi connectivity index (χ2n) is 3.10. The minimum absolute atomic E-state index is 0.00519. The van der Waals surface area contributed by atoms with Gasteiger partial charge in [-0.3, -0.25) is 0 Å². The number of hydrogen-bond acceptors (Lipinski definition) is 1. The number of halogens is 2. The van der Waals surface area contributed by atoms with Crippen LogP contribution in [0, 0.1) is 17.1 Å². The van der Waals surface area contributed by atoms with Gasteiger partial charge in [-0.1, -0.05) is 31.5 Å². The van der Waals surface area contributed by atoms with Crippen LogP contribution >= 0.6 is 11.6 Å². The molecule has 13 heavy (non-hydrogen) atoms. The molecule has 0 aromatic heterocycles. The summed E-state index contributed by atoms with van der Waals surface area (Å²) >= 11 is 5.75. The van der Waals surface area contributed by atoms with Crippen LogP contribution in [0.15, 0.2) is 12.1 Å². The van der Waals surface area contributed by atoms with Gasteiger partial charge in [0.25, 0.3) is 0 Å². The van der Waals surface area contributed by atoms with Gasteiger partial charge in [0.15, 0.2) is 5.82 Å². The van der Waals surface area contributed by atoms with Gasteiger partial charge in [-0.05, 0) is 17.5 Å². The largest absolute Gasteiger partial charge is 0.204 e. The molecule has 0 amide bonds. The van der Waals surface area contributed by atoms with Gasteiger partial charge in [-0.25, -0.2) is 4.39 Å². The predicted octanol–water partition coefficient (Wildman–Crippen LogP) is 3.47. The number of nitriles is 1. The van der Waals surface area contributed by atoms with Crippen molar-refractivity contribution in [2.24, 2.45) is 0 Å². The summed E-state index contributed by atoms with van der Waals surface area (Å²) in [5.74, 6) is -0.454. The fourth-order valence-electron chi connectivity index (χ4n) is 1.10.